The van der Waals surface area contributed by atoms with Crippen molar-refractivity contribution in [1.82, 2.24) is 0 Å². The minimum Gasteiger partial charge on any atom is -0.393 e. The van der Waals surface area contributed by atoms with E-state index in [9.17, 15) is 5.11 Å². The second-order valence-electron chi connectivity index (χ2n) is 5.18. The number of rotatable bonds is 0. The third-order valence-electron chi connectivity index (χ3n) is 4.09. The molecular formula is C10H18O. The highest BCUT2D eigenvalue weighted by atomic mass is 16.3. The molecule has 3 saturated carbocycles. The van der Waals surface area contributed by atoms with Gasteiger partial charge >= 0.3 is 0 Å². The number of hydrogen-bond acceptors (Lipinski definition) is 1. The van der Waals surface area contributed by atoms with Crippen molar-refractivity contribution >= 4 is 0 Å². The monoisotopic (exact) mass is 154 g/mol. The molecule has 0 spiro atoms. The van der Waals surface area contributed by atoms with E-state index in [1.165, 1.54) is 25.7 Å². The van der Waals surface area contributed by atoms with Crippen LogP contribution in [0.2, 0.25) is 0 Å². The molecule has 0 saturated heterocycles. The maximum absolute atomic E-state index is 9.82. The van der Waals surface area contributed by atoms with Crippen LogP contribution in [-0.4, -0.2) is 11.2 Å². The third-order valence-corrected chi connectivity index (χ3v) is 4.09. The summed E-state index contributed by atoms with van der Waals surface area (Å²) < 4.78 is 0. The van der Waals surface area contributed by atoms with Gasteiger partial charge < -0.3 is 5.11 Å². The Morgan fingerprint density at radius 2 is 1.64 bits per heavy atom. The maximum atomic E-state index is 9.82. The first-order valence-electron chi connectivity index (χ1n) is 4.72. The summed E-state index contributed by atoms with van der Waals surface area (Å²) in [5.41, 5.74) is 0.759. The van der Waals surface area contributed by atoms with Gasteiger partial charge in [-0.05, 0) is 42.9 Å². The van der Waals surface area contributed by atoms with Crippen molar-refractivity contribution in [2.24, 2.45) is 10.8 Å². The summed E-state index contributed by atoms with van der Waals surface area (Å²) in [5, 5.41) is 9.82. The molecule has 1 atom stereocenters. The van der Waals surface area contributed by atoms with Crippen LogP contribution in [-0.2, 0) is 0 Å². The van der Waals surface area contributed by atoms with E-state index in [1.54, 1.807) is 0 Å². The molecule has 2 bridgehead atoms. The number of fused-ring (bicyclic) bond motifs is 3. The summed E-state index contributed by atoms with van der Waals surface area (Å²) in [6.07, 6.45) is 6.18. The molecule has 0 aromatic heterocycles. The van der Waals surface area contributed by atoms with Gasteiger partial charge in [0.2, 0.25) is 0 Å². The average Bonchev–Trinajstić information content (AvgIpc) is 1.94. The van der Waals surface area contributed by atoms with Crippen molar-refractivity contribution in [2.45, 2.75) is 52.1 Å². The van der Waals surface area contributed by atoms with Crippen LogP contribution in [0, 0.1) is 10.8 Å². The Kier molecular flexibility index (Phi) is 1.39. The van der Waals surface area contributed by atoms with Gasteiger partial charge in [0.25, 0.3) is 0 Å². The Morgan fingerprint density at radius 1 is 1.09 bits per heavy atom. The van der Waals surface area contributed by atoms with Gasteiger partial charge in [0.05, 0.1) is 6.10 Å². The van der Waals surface area contributed by atoms with E-state index in [4.69, 9.17) is 0 Å². The fraction of sp³-hybridized carbons (Fsp3) is 1.00. The first-order valence-corrected chi connectivity index (χ1v) is 4.72. The molecule has 0 aromatic rings. The minimum absolute atomic E-state index is 0.0185. The van der Waals surface area contributed by atoms with Crippen LogP contribution in [0.5, 0.6) is 0 Å². The van der Waals surface area contributed by atoms with Crippen molar-refractivity contribution in [3.63, 3.8) is 0 Å². The molecular weight excluding hydrogens is 136 g/mol. The van der Waals surface area contributed by atoms with Gasteiger partial charge in [0.1, 0.15) is 0 Å². The molecule has 64 valence electrons. The Bertz CT molecular complexity index is 166. The highest BCUT2D eigenvalue weighted by Crippen LogP contribution is 2.56. The Labute approximate surface area is 68.8 Å². The lowest BCUT2D eigenvalue weighted by molar-refractivity contribution is -0.0999. The third kappa shape index (κ3) is 1.01. The van der Waals surface area contributed by atoms with Gasteiger partial charge in [0, 0.05) is 0 Å². The van der Waals surface area contributed by atoms with Crippen LogP contribution >= 0.6 is 0 Å². The predicted molar refractivity (Wildman–Crippen MR) is 45.3 cm³/mol. The zero-order valence-corrected chi connectivity index (χ0v) is 7.56. The maximum Gasteiger partial charge on any atom is 0.0599 e. The van der Waals surface area contributed by atoms with Crippen molar-refractivity contribution in [1.29, 1.82) is 0 Å². The van der Waals surface area contributed by atoms with Gasteiger partial charge in [0.15, 0.2) is 0 Å². The van der Waals surface area contributed by atoms with E-state index in [0.29, 0.717) is 5.41 Å². The van der Waals surface area contributed by atoms with E-state index >= 15 is 0 Å². The van der Waals surface area contributed by atoms with Gasteiger partial charge in [-0.3, -0.25) is 0 Å². The molecule has 3 aliphatic carbocycles. The minimum atomic E-state index is -0.0185. The van der Waals surface area contributed by atoms with Crippen LogP contribution in [0.1, 0.15) is 46.0 Å². The molecule has 0 heterocycles. The summed E-state index contributed by atoms with van der Waals surface area (Å²) >= 11 is 0. The molecule has 1 nitrogen and oxygen atoms in total. The number of hydrogen-bond donors (Lipinski definition) is 1. The zero-order valence-electron chi connectivity index (χ0n) is 7.56. The van der Waals surface area contributed by atoms with Crippen LogP contribution in [0.15, 0.2) is 0 Å². The summed E-state index contributed by atoms with van der Waals surface area (Å²) in [7, 11) is 0. The second-order valence-corrected chi connectivity index (χ2v) is 5.18. The summed E-state index contributed by atoms with van der Waals surface area (Å²) in [4.78, 5) is 0. The Morgan fingerprint density at radius 3 is 2.00 bits per heavy atom. The lowest BCUT2D eigenvalue weighted by atomic mass is 9.54. The quantitative estimate of drug-likeness (QED) is 0.568. The molecule has 3 aliphatic rings. The predicted octanol–water partition coefficient (Wildman–Crippen LogP) is 2.34. The normalized spacial score (nSPS) is 56.5. The first-order chi connectivity index (χ1) is 5.04. The number of aliphatic hydroxyl groups excluding tert-OH is 1. The lowest BCUT2D eigenvalue weighted by Crippen LogP contribution is -2.48. The van der Waals surface area contributed by atoms with Crippen LogP contribution in [0.25, 0.3) is 0 Å². The molecule has 11 heavy (non-hydrogen) atoms. The fourth-order valence-corrected chi connectivity index (χ4v) is 2.68. The standard InChI is InChI=1S/C10H18O/c1-9-3-5-10(2,6-4-9)8(11)7-9/h8,11H,3-7H2,1-2H3. The zero-order chi connectivity index (χ0) is 8.11. The molecule has 0 amide bonds. The highest BCUT2D eigenvalue weighted by Gasteiger charge is 2.48. The van der Waals surface area contributed by atoms with E-state index in [0.717, 1.165) is 6.42 Å². The van der Waals surface area contributed by atoms with Crippen molar-refractivity contribution < 1.29 is 5.11 Å². The smallest absolute Gasteiger partial charge is 0.0599 e. The van der Waals surface area contributed by atoms with Crippen LogP contribution in [0.4, 0.5) is 0 Å². The second kappa shape index (κ2) is 2.01. The van der Waals surface area contributed by atoms with Crippen LogP contribution < -0.4 is 0 Å². The SMILES string of the molecule is CC12CCC(C)(CC1)C(O)C2. The molecule has 1 unspecified atom stereocenters. The highest BCUT2D eigenvalue weighted by molar-refractivity contribution is 5.00. The first kappa shape index (κ1) is 7.60. The Hall–Kier alpha value is -0.0400. The number of aliphatic hydroxyl groups is 1. The summed E-state index contributed by atoms with van der Waals surface area (Å²) in [6.45, 7) is 4.57. The van der Waals surface area contributed by atoms with Crippen molar-refractivity contribution in [3.05, 3.63) is 0 Å². The van der Waals surface area contributed by atoms with E-state index < -0.39 is 0 Å². The fourth-order valence-electron chi connectivity index (χ4n) is 2.68. The average molecular weight is 154 g/mol. The molecule has 0 aromatic carbocycles. The Balaban J connectivity index is 2.22. The molecule has 0 radical (unpaired) electrons. The van der Waals surface area contributed by atoms with Crippen molar-refractivity contribution in [3.8, 4) is 0 Å². The van der Waals surface area contributed by atoms with E-state index in [2.05, 4.69) is 13.8 Å². The summed E-state index contributed by atoms with van der Waals surface area (Å²) in [5.74, 6) is 0. The van der Waals surface area contributed by atoms with Gasteiger partial charge in [-0.15, -0.1) is 0 Å². The molecule has 0 aliphatic heterocycles. The summed E-state index contributed by atoms with van der Waals surface area (Å²) in [6, 6.07) is 0. The van der Waals surface area contributed by atoms with Gasteiger partial charge in [-0.2, -0.15) is 0 Å². The van der Waals surface area contributed by atoms with E-state index in [1.807, 2.05) is 0 Å². The molecule has 3 rings (SSSR count). The van der Waals surface area contributed by atoms with E-state index in [-0.39, 0.29) is 11.5 Å². The van der Waals surface area contributed by atoms with Crippen LogP contribution in [0.3, 0.4) is 0 Å². The molecule has 1 heteroatoms. The van der Waals surface area contributed by atoms with Crippen molar-refractivity contribution in [2.75, 3.05) is 0 Å². The lowest BCUT2D eigenvalue weighted by Gasteiger charge is -2.53. The molecule has 1 N–H and O–H groups in total. The largest absolute Gasteiger partial charge is 0.393 e. The van der Waals surface area contributed by atoms with Gasteiger partial charge in [-0.25, -0.2) is 0 Å². The topological polar surface area (TPSA) is 20.2 Å². The van der Waals surface area contributed by atoms with Gasteiger partial charge in [-0.1, -0.05) is 13.8 Å². The molecule has 3 fully saturated rings.